The Bertz CT molecular complexity index is 250. The Hall–Kier alpha value is -0.0800. The lowest BCUT2D eigenvalue weighted by molar-refractivity contribution is 0.0876. The van der Waals surface area contributed by atoms with Gasteiger partial charge in [-0.25, -0.2) is 0 Å². The Morgan fingerprint density at radius 1 is 0.905 bits per heavy atom. The maximum atomic E-state index is 3.71. The third-order valence-electron chi connectivity index (χ3n) is 4.85. The lowest BCUT2D eigenvalue weighted by atomic mass is 9.96. The topological polar surface area (TPSA) is 15.3 Å². The van der Waals surface area contributed by atoms with Crippen LogP contribution in [0.4, 0.5) is 0 Å². The van der Waals surface area contributed by atoms with Gasteiger partial charge in [-0.1, -0.05) is 65.2 Å². The highest BCUT2D eigenvalue weighted by molar-refractivity contribution is 4.91. The summed E-state index contributed by atoms with van der Waals surface area (Å²) in [7, 11) is 0. The molecule has 126 valence electrons. The molecule has 1 unspecified atom stereocenters. The molecule has 0 radical (unpaired) electrons. The van der Waals surface area contributed by atoms with Crippen LogP contribution in [-0.2, 0) is 0 Å². The molecule has 2 nitrogen and oxygen atoms in total. The normalized spacial score (nSPS) is 22.6. The molecule has 0 saturated carbocycles. The smallest absolute Gasteiger partial charge is 0.0252 e. The van der Waals surface area contributed by atoms with Crippen molar-refractivity contribution in [2.45, 2.75) is 103 Å². The molecule has 0 aromatic rings. The molecule has 1 fully saturated rings. The number of hydrogen-bond acceptors (Lipinski definition) is 2. The molecule has 21 heavy (non-hydrogen) atoms. The molecule has 0 aliphatic carbocycles. The van der Waals surface area contributed by atoms with Gasteiger partial charge in [0.05, 0.1) is 0 Å². The molecular formula is C19H40N2. The van der Waals surface area contributed by atoms with E-state index in [1.54, 1.807) is 0 Å². The van der Waals surface area contributed by atoms with E-state index < -0.39 is 0 Å². The fourth-order valence-corrected chi connectivity index (χ4v) is 3.54. The van der Waals surface area contributed by atoms with Crippen LogP contribution in [0, 0.1) is 0 Å². The van der Waals surface area contributed by atoms with Crippen molar-refractivity contribution in [1.29, 1.82) is 0 Å². The minimum absolute atomic E-state index is 0.296. The van der Waals surface area contributed by atoms with E-state index in [0.29, 0.717) is 5.54 Å². The van der Waals surface area contributed by atoms with Crippen molar-refractivity contribution in [1.82, 2.24) is 10.2 Å². The van der Waals surface area contributed by atoms with Gasteiger partial charge in [-0.3, -0.25) is 4.90 Å². The van der Waals surface area contributed by atoms with Crippen molar-refractivity contribution in [3.63, 3.8) is 0 Å². The summed E-state index contributed by atoms with van der Waals surface area (Å²) in [5.41, 5.74) is 0.296. The van der Waals surface area contributed by atoms with Crippen LogP contribution in [0.15, 0.2) is 0 Å². The minimum Gasteiger partial charge on any atom is -0.309 e. The van der Waals surface area contributed by atoms with Crippen molar-refractivity contribution < 1.29 is 0 Å². The van der Waals surface area contributed by atoms with Crippen LogP contribution in [-0.4, -0.2) is 36.1 Å². The summed E-state index contributed by atoms with van der Waals surface area (Å²) in [6.07, 6.45) is 14.0. The average Bonchev–Trinajstić information content (AvgIpc) is 2.44. The molecule has 1 atom stereocenters. The second-order valence-electron chi connectivity index (χ2n) is 7.65. The first kappa shape index (κ1) is 19.0. The molecule has 1 saturated heterocycles. The predicted molar refractivity (Wildman–Crippen MR) is 95.0 cm³/mol. The van der Waals surface area contributed by atoms with Crippen molar-refractivity contribution in [3.8, 4) is 0 Å². The second kappa shape index (κ2) is 10.6. The summed E-state index contributed by atoms with van der Waals surface area (Å²) >= 11 is 0. The molecule has 0 amide bonds. The number of piperazine rings is 1. The van der Waals surface area contributed by atoms with E-state index in [0.717, 1.165) is 6.04 Å². The van der Waals surface area contributed by atoms with Gasteiger partial charge in [0.2, 0.25) is 0 Å². The highest BCUT2D eigenvalue weighted by atomic mass is 15.2. The van der Waals surface area contributed by atoms with Crippen LogP contribution < -0.4 is 5.32 Å². The molecule has 0 bridgehead atoms. The van der Waals surface area contributed by atoms with Crippen LogP contribution in [0.3, 0.4) is 0 Å². The van der Waals surface area contributed by atoms with E-state index in [4.69, 9.17) is 0 Å². The van der Waals surface area contributed by atoms with E-state index in [1.165, 1.54) is 83.8 Å². The highest BCUT2D eigenvalue weighted by Crippen LogP contribution is 2.19. The third kappa shape index (κ3) is 8.21. The SMILES string of the molecule is CCCCCCCCCCN1CC(C)(C)NCC1CCC. The fraction of sp³-hybridized carbons (Fsp3) is 1.00. The number of nitrogens with one attached hydrogen (secondary N) is 1. The van der Waals surface area contributed by atoms with Gasteiger partial charge in [0.25, 0.3) is 0 Å². The molecule has 2 heteroatoms. The summed E-state index contributed by atoms with van der Waals surface area (Å²) < 4.78 is 0. The summed E-state index contributed by atoms with van der Waals surface area (Å²) in [4.78, 5) is 2.76. The lowest BCUT2D eigenvalue weighted by Gasteiger charge is -2.45. The van der Waals surface area contributed by atoms with E-state index in [2.05, 4.69) is 37.9 Å². The summed E-state index contributed by atoms with van der Waals surface area (Å²) in [6, 6.07) is 0.771. The molecule has 1 aliphatic heterocycles. The van der Waals surface area contributed by atoms with E-state index >= 15 is 0 Å². The molecule has 0 aromatic heterocycles. The summed E-state index contributed by atoms with van der Waals surface area (Å²) in [5.74, 6) is 0. The van der Waals surface area contributed by atoms with Crippen molar-refractivity contribution >= 4 is 0 Å². The first-order valence-electron chi connectivity index (χ1n) is 9.58. The molecular weight excluding hydrogens is 256 g/mol. The maximum Gasteiger partial charge on any atom is 0.0252 e. The van der Waals surface area contributed by atoms with E-state index in [1.807, 2.05) is 0 Å². The third-order valence-corrected chi connectivity index (χ3v) is 4.85. The number of unbranched alkanes of at least 4 members (excludes halogenated alkanes) is 7. The number of nitrogens with zero attached hydrogens (tertiary/aromatic N) is 1. The fourth-order valence-electron chi connectivity index (χ4n) is 3.54. The quantitative estimate of drug-likeness (QED) is 0.541. The molecule has 1 heterocycles. The van der Waals surface area contributed by atoms with Gasteiger partial charge in [-0.15, -0.1) is 0 Å². The Morgan fingerprint density at radius 3 is 2.14 bits per heavy atom. The average molecular weight is 297 g/mol. The molecule has 0 aromatic carbocycles. The van der Waals surface area contributed by atoms with Crippen molar-refractivity contribution in [3.05, 3.63) is 0 Å². The summed E-state index contributed by atoms with van der Waals surface area (Å²) in [6.45, 7) is 13.0. The van der Waals surface area contributed by atoms with Crippen LogP contribution in [0.5, 0.6) is 0 Å². The monoisotopic (exact) mass is 296 g/mol. The first-order chi connectivity index (χ1) is 10.1. The van der Waals surface area contributed by atoms with Crippen LogP contribution in [0.1, 0.15) is 91.9 Å². The van der Waals surface area contributed by atoms with Gasteiger partial charge < -0.3 is 5.32 Å². The highest BCUT2D eigenvalue weighted by Gasteiger charge is 2.31. The van der Waals surface area contributed by atoms with Gasteiger partial charge in [0.15, 0.2) is 0 Å². The number of hydrogen-bond donors (Lipinski definition) is 1. The number of rotatable bonds is 11. The van der Waals surface area contributed by atoms with E-state index in [-0.39, 0.29) is 0 Å². The molecule has 1 N–H and O–H groups in total. The van der Waals surface area contributed by atoms with Crippen molar-refractivity contribution in [2.24, 2.45) is 0 Å². The lowest BCUT2D eigenvalue weighted by Crippen LogP contribution is -2.61. The molecule has 1 aliphatic rings. The Morgan fingerprint density at radius 2 is 1.52 bits per heavy atom. The van der Waals surface area contributed by atoms with Crippen LogP contribution in [0.25, 0.3) is 0 Å². The Balaban J connectivity index is 2.15. The van der Waals surface area contributed by atoms with Gasteiger partial charge in [-0.05, 0) is 33.2 Å². The maximum absolute atomic E-state index is 3.71. The zero-order valence-electron chi connectivity index (χ0n) is 15.2. The van der Waals surface area contributed by atoms with E-state index in [9.17, 15) is 0 Å². The summed E-state index contributed by atoms with van der Waals surface area (Å²) in [5, 5.41) is 3.71. The predicted octanol–water partition coefficient (Wildman–Crippen LogP) is 4.98. The van der Waals surface area contributed by atoms with Crippen LogP contribution in [0.2, 0.25) is 0 Å². The van der Waals surface area contributed by atoms with Gasteiger partial charge in [-0.2, -0.15) is 0 Å². The van der Waals surface area contributed by atoms with Crippen molar-refractivity contribution in [2.75, 3.05) is 19.6 Å². The largest absolute Gasteiger partial charge is 0.309 e. The van der Waals surface area contributed by atoms with Crippen LogP contribution >= 0.6 is 0 Å². The first-order valence-corrected chi connectivity index (χ1v) is 9.58. The Labute approximate surface area is 134 Å². The zero-order chi connectivity index (χ0) is 15.6. The van der Waals surface area contributed by atoms with Gasteiger partial charge in [0, 0.05) is 24.7 Å². The zero-order valence-corrected chi connectivity index (χ0v) is 15.2. The van der Waals surface area contributed by atoms with Gasteiger partial charge in [0.1, 0.15) is 0 Å². The molecule has 0 spiro atoms. The van der Waals surface area contributed by atoms with Gasteiger partial charge >= 0.3 is 0 Å². The minimum atomic E-state index is 0.296. The Kier molecular flexibility index (Phi) is 9.59. The standard InChI is InChI=1S/C19H40N2/c1-5-7-8-9-10-11-12-13-15-21-17-19(3,4)20-16-18(21)14-6-2/h18,20H,5-17H2,1-4H3. The second-order valence-corrected chi connectivity index (χ2v) is 7.65. The molecule has 1 rings (SSSR count).